The third-order valence-corrected chi connectivity index (χ3v) is 6.93. The van der Waals surface area contributed by atoms with Crippen LogP contribution >= 0.6 is 46.4 Å². The minimum absolute atomic E-state index is 0.285. The third-order valence-electron chi connectivity index (χ3n) is 4.38. The molecular formula is C14H12Cl4. The summed E-state index contributed by atoms with van der Waals surface area (Å²) in [7, 11) is 0. The molecule has 0 unspecified atom stereocenters. The molecule has 0 heterocycles. The molecular weight excluding hydrogens is 310 g/mol. The van der Waals surface area contributed by atoms with Crippen LogP contribution in [0.1, 0.15) is 25.3 Å². The average Bonchev–Trinajstić information content (AvgIpc) is 2.67. The van der Waals surface area contributed by atoms with E-state index >= 15 is 0 Å². The van der Waals surface area contributed by atoms with Gasteiger partial charge in [-0.15, -0.1) is 23.2 Å². The summed E-state index contributed by atoms with van der Waals surface area (Å²) in [6, 6.07) is 10.1. The Balaban J connectivity index is 2.19. The van der Waals surface area contributed by atoms with Crippen molar-refractivity contribution in [3.05, 3.63) is 46.0 Å². The van der Waals surface area contributed by atoms with Crippen molar-refractivity contribution in [2.24, 2.45) is 0 Å². The molecule has 96 valence electrons. The molecule has 4 heteroatoms. The van der Waals surface area contributed by atoms with Crippen LogP contribution < -0.4 is 0 Å². The summed E-state index contributed by atoms with van der Waals surface area (Å²) in [6.07, 6.45) is 1.30. The van der Waals surface area contributed by atoms with Crippen molar-refractivity contribution in [1.82, 2.24) is 0 Å². The molecule has 3 atom stereocenters. The van der Waals surface area contributed by atoms with E-state index in [0.29, 0.717) is 22.9 Å². The molecule has 0 nitrogen and oxygen atoms in total. The largest absolute Gasteiger partial charge is 0.113 e. The summed E-state index contributed by atoms with van der Waals surface area (Å²) in [5.41, 5.74) is 0.873. The van der Waals surface area contributed by atoms with E-state index in [1.807, 2.05) is 18.2 Å². The molecule has 1 aromatic carbocycles. The van der Waals surface area contributed by atoms with Crippen LogP contribution in [-0.2, 0) is 5.41 Å². The van der Waals surface area contributed by atoms with Crippen molar-refractivity contribution in [1.29, 1.82) is 0 Å². The van der Waals surface area contributed by atoms with Gasteiger partial charge in [-0.25, -0.2) is 0 Å². The lowest BCUT2D eigenvalue weighted by Gasteiger charge is -2.41. The quantitative estimate of drug-likeness (QED) is 0.608. The highest BCUT2D eigenvalue weighted by Gasteiger charge is 2.68. The summed E-state index contributed by atoms with van der Waals surface area (Å²) in [6.45, 7) is 2.12. The molecule has 2 aliphatic carbocycles. The molecule has 2 bridgehead atoms. The van der Waals surface area contributed by atoms with Gasteiger partial charge in [-0.3, -0.25) is 0 Å². The Bertz CT molecular complexity index is 538. The standard InChI is InChI=1S/C14H12Cl4/c1-12(9-5-3-2-4-6-9)7-13(17)8-14(12,18)11(16)10(13)15/h2-6H,7-8H2,1H3/t12-,13-,14-/m0/s1. The van der Waals surface area contributed by atoms with Gasteiger partial charge in [-0.2, -0.15) is 0 Å². The van der Waals surface area contributed by atoms with Gasteiger partial charge in [0, 0.05) is 5.41 Å². The Labute approximate surface area is 127 Å². The molecule has 0 radical (unpaired) electrons. The molecule has 1 saturated carbocycles. The fourth-order valence-corrected chi connectivity index (χ4v) is 5.30. The Hall–Kier alpha value is 0.120. The number of benzene rings is 1. The summed E-state index contributed by atoms with van der Waals surface area (Å²) in [4.78, 5) is -1.29. The van der Waals surface area contributed by atoms with Crippen molar-refractivity contribution in [3.8, 4) is 0 Å². The van der Waals surface area contributed by atoms with Gasteiger partial charge in [-0.05, 0) is 18.4 Å². The lowest BCUT2D eigenvalue weighted by molar-refractivity contribution is 0.415. The normalized spacial score (nSPS) is 42.7. The topological polar surface area (TPSA) is 0 Å². The zero-order valence-corrected chi connectivity index (χ0v) is 12.8. The molecule has 0 aromatic heterocycles. The van der Waals surface area contributed by atoms with Crippen LogP contribution in [0.3, 0.4) is 0 Å². The maximum Gasteiger partial charge on any atom is 0.0927 e. The summed E-state index contributed by atoms with van der Waals surface area (Å²) in [5, 5.41) is 1.03. The van der Waals surface area contributed by atoms with E-state index in [1.165, 1.54) is 0 Å². The van der Waals surface area contributed by atoms with E-state index in [9.17, 15) is 0 Å². The first-order valence-corrected chi connectivity index (χ1v) is 7.34. The number of hydrogen-bond donors (Lipinski definition) is 0. The van der Waals surface area contributed by atoms with Gasteiger partial charge in [-0.1, -0.05) is 60.5 Å². The molecule has 0 amide bonds. The number of rotatable bonds is 1. The van der Waals surface area contributed by atoms with Crippen molar-refractivity contribution in [2.45, 2.75) is 34.9 Å². The van der Waals surface area contributed by atoms with E-state index in [-0.39, 0.29) is 5.41 Å². The Kier molecular flexibility index (Phi) is 2.79. The van der Waals surface area contributed by atoms with Gasteiger partial charge in [0.05, 0.1) is 19.8 Å². The highest BCUT2D eigenvalue weighted by Crippen LogP contribution is 2.70. The molecule has 18 heavy (non-hydrogen) atoms. The second kappa shape index (κ2) is 3.82. The van der Waals surface area contributed by atoms with Gasteiger partial charge < -0.3 is 0 Å². The molecule has 0 saturated heterocycles. The zero-order chi connectivity index (χ0) is 13.2. The molecule has 2 aliphatic rings. The predicted molar refractivity (Wildman–Crippen MR) is 78.9 cm³/mol. The third kappa shape index (κ3) is 1.41. The van der Waals surface area contributed by atoms with E-state index in [0.717, 1.165) is 5.56 Å². The SMILES string of the molecule is C[C@@]1(c2ccccc2)C[C@]2(Cl)C[C@]1(Cl)C(Cl)=C2Cl. The van der Waals surface area contributed by atoms with Crippen molar-refractivity contribution >= 4 is 46.4 Å². The van der Waals surface area contributed by atoms with E-state index in [4.69, 9.17) is 46.4 Å². The van der Waals surface area contributed by atoms with Crippen molar-refractivity contribution in [2.75, 3.05) is 0 Å². The second-order valence-electron chi connectivity index (χ2n) is 5.45. The number of halogens is 4. The molecule has 0 spiro atoms. The minimum atomic E-state index is -0.686. The fourth-order valence-electron chi connectivity index (χ4n) is 3.33. The van der Waals surface area contributed by atoms with Gasteiger partial charge in [0.25, 0.3) is 0 Å². The Morgan fingerprint density at radius 2 is 1.56 bits per heavy atom. The van der Waals surface area contributed by atoms with E-state index in [1.54, 1.807) is 0 Å². The van der Waals surface area contributed by atoms with Gasteiger partial charge in [0.15, 0.2) is 0 Å². The maximum atomic E-state index is 6.81. The van der Waals surface area contributed by atoms with Gasteiger partial charge in [0.1, 0.15) is 0 Å². The first kappa shape index (κ1) is 13.1. The molecule has 1 fully saturated rings. The van der Waals surface area contributed by atoms with E-state index in [2.05, 4.69) is 19.1 Å². The zero-order valence-electron chi connectivity index (χ0n) is 9.81. The second-order valence-corrected chi connectivity index (χ2v) is 7.57. The Morgan fingerprint density at radius 1 is 0.944 bits per heavy atom. The highest BCUT2D eigenvalue weighted by molar-refractivity contribution is 6.51. The lowest BCUT2D eigenvalue weighted by Crippen LogP contribution is -2.42. The molecule has 1 aromatic rings. The fraction of sp³-hybridized carbons (Fsp3) is 0.429. The van der Waals surface area contributed by atoms with Crippen molar-refractivity contribution < 1.29 is 0 Å². The summed E-state index contributed by atoms with van der Waals surface area (Å²) >= 11 is 26.0. The first-order valence-electron chi connectivity index (χ1n) is 5.83. The van der Waals surface area contributed by atoms with Crippen LogP contribution in [0.4, 0.5) is 0 Å². The molecule has 3 rings (SSSR count). The van der Waals surface area contributed by atoms with Crippen LogP contribution in [0, 0.1) is 0 Å². The Morgan fingerprint density at radius 3 is 2.06 bits per heavy atom. The van der Waals surface area contributed by atoms with E-state index < -0.39 is 9.75 Å². The van der Waals surface area contributed by atoms with Crippen LogP contribution in [0.5, 0.6) is 0 Å². The smallest absolute Gasteiger partial charge is 0.0927 e. The monoisotopic (exact) mass is 320 g/mol. The lowest BCUT2D eigenvalue weighted by atomic mass is 9.71. The van der Waals surface area contributed by atoms with Crippen molar-refractivity contribution in [3.63, 3.8) is 0 Å². The van der Waals surface area contributed by atoms with Crippen LogP contribution in [0.25, 0.3) is 0 Å². The first-order chi connectivity index (χ1) is 8.33. The number of alkyl halides is 2. The number of fused-ring (bicyclic) bond motifs is 2. The van der Waals surface area contributed by atoms with Crippen LogP contribution in [0.15, 0.2) is 40.4 Å². The van der Waals surface area contributed by atoms with Gasteiger partial charge >= 0.3 is 0 Å². The number of allylic oxidation sites excluding steroid dienone is 2. The highest BCUT2D eigenvalue weighted by atomic mass is 35.5. The average molecular weight is 322 g/mol. The molecule has 0 aliphatic heterocycles. The van der Waals surface area contributed by atoms with Gasteiger partial charge in [0.2, 0.25) is 0 Å². The predicted octanol–water partition coefficient (Wildman–Crippen LogP) is 5.40. The summed E-state index contributed by atoms with van der Waals surface area (Å²) < 4.78 is 0. The van der Waals surface area contributed by atoms with Crippen LogP contribution in [0.2, 0.25) is 0 Å². The minimum Gasteiger partial charge on any atom is -0.113 e. The maximum absolute atomic E-state index is 6.81. The summed E-state index contributed by atoms with van der Waals surface area (Å²) in [5.74, 6) is 0. The van der Waals surface area contributed by atoms with Crippen LogP contribution in [-0.4, -0.2) is 9.75 Å². The molecule has 0 N–H and O–H groups in total. The number of hydrogen-bond acceptors (Lipinski definition) is 0.